The Balaban J connectivity index is 2.28. The fraction of sp³-hybridized carbons (Fsp3) is 0.692. The van der Waals surface area contributed by atoms with E-state index in [2.05, 4.69) is 39.1 Å². The summed E-state index contributed by atoms with van der Waals surface area (Å²) in [6.07, 6.45) is 1.80. The molecule has 0 aromatic carbocycles. The highest BCUT2D eigenvalue weighted by molar-refractivity contribution is 5.12. The van der Waals surface area contributed by atoms with Crippen LogP contribution in [0.5, 0.6) is 0 Å². The highest BCUT2D eigenvalue weighted by atomic mass is 16.5. The lowest BCUT2D eigenvalue weighted by Crippen LogP contribution is -2.21. The highest BCUT2D eigenvalue weighted by Crippen LogP contribution is 2.09. The van der Waals surface area contributed by atoms with Crippen LogP contribution in [-0.2, 0) is 17.9 Å². The zero-order valence-corrected chi connectivity index (χ0v) is 10.7. The van der Waals surface area contributed by atoms with Crippen LogP contribution in [0.15, 0.2) is 16.7 Å². The van der Waals surface area contributed by atoms with Crippen molar-refractivity contribution in [1.29, 1.82) is 0 Å². The molecular formula is C13H23NO2. The predicted molar refractivity (Wildman–Crippen MR) is 65.2 cm³/mol. The third kappa shape index (κ3) is 5.33. The van der Waals surface area contributed by atoms with Crippen molar-refractivity contribution < 1.29 is 9.15 Å². The number of hydrogen-bond acceptors (Lipinski definition) is 3. The van der Waals surface area contributed by atoms with E-state index in [0.29, 0.717) is 18.6 Å². The Morgan fingerprint density at radius 2 is 2.06 bits per heavy atom. The monoisotopic (exact) mass is 225 g/mol. The molecule has 0 saturated heterocycles. The molecule has 0 spiro atoms. The normalized spacial score (nSPS) is 11.6. The number of furan rings is 1. The van der Waals surface area contributed by atoms with Crippen LogP contribution in [0.4, 0.5) is 0 Å². The van der Waals surface area contributed by atoms with Crippen LogP contribution in [0.2, 0.25) is 0 Å². The number of hydrogen-bond donors (Lipinski definition) is 1. The average molecular weight is 225 g/mol. The van der Waals surface area contributed by atoms with Crippen LogP contribution < -0.4 is 5.32 Å². The molecule has 0 aliphatic heterocycles. The van der Waals surface area contributed by atoms with Gasteiger partial charge in [-0.05, 0) is 12.0 Å². The van der Waals surface area contributed by atoms with Gasteiger partial charge < -0.3 is 14.5 Å². The van der Waals surface area contributed by atoms with E-state index in [-0.39, 0.29) is 0 Å². The van der Waals surface area contributed by atoms with Gasteiger partial charge in [0, 0.05) is 24.8 Å². The first kappa shape index (κ1) is 13.3. The van der Waals surface area contributed by atoms with E-state index in [1.807, 2.05) is 0 Å². The maximum Gasteiger partial charge on any atom is 0.129 e. The van der Waals surface area contributed by atoms with Gasteiger partial charge in [0.15, 0.2) is 0 Å². The molecule has 1 aromatic heterocycles. The third-order valence-corrected chi connectivity index (χ3v) is 2.12. The van der Waals surface area contributed by atoms with Crippen molar-refractivity contribution in [2.75, 3.05) is 6.61 Å². The average Bonchev–Trinajstić information content (AvgIpc) is 2.62. The fourth-order valence-electron chi connectivity index (χ4n) is 1.31. The molecule has 0 atom stereocenters. The van der Waals surface area contributed by atoms with Crippen LogP contribution in [0.3, 0.4) is 0 Å². The van der Waals surface area contributed by atoms with E-state index in [1.54, 1.807) is 6.26 Å². The topological polar surface area (TPSA) is 34.4 Å². The van der Waals surface area contributed by atoms with Crippen LogP contribution in [0.1, 0.15) is 39.0 Å². The Labute approximate surface area is 98.2 Å². The second-order valence-electron chi connectivity index (χ2n) is 4.87. The first-order chi connectivity index (χ1) is 7.58. The molecule has 0 aliphatic rings. The molecule has 0 radical (unpaired) electrons. The summed E-state index contributed by atoms with van der Waals surface area (Å²) >= 11 is 0. The molecule has 3 nitrogen and oxygen atoms in total. The molecule has 0 amide bonds. The molecule has 1 rings (SSSR count). The van der Waals surface area contributed by atoms with Gasteiger partial charge in [-0.3, -0.25) is 0 Å². The van der Waals surface area contributed by atoms with Crippen molar-refractivity contribution in [1.82, 2.24) is 5.32 Å². The molecule has 1 heterocycles. The Kier molecular flexibility index (Phi) is 5.56. The first-order valence-corrected chi connectivity index (χ1v) is 5.95. The van der Waals surface area contributed by atoms with E-state index in [9.17, 15) is 0 Å². The van der Waals surface area contributed by atoms with Crippen molar-refractivity contribution in [2.24, 2.45) is 5.92 Å². The number of nitrogens with one attached hydrogen (secondary N) is 1. The van der Waals surface area contributed by atoms with E-state index in [0.717, 1.165) is 18.9 Å². The van der Waals surface area contributed by atoms with Gasteiger partial charge in [0.05, 0.1) is 6.26 Å². The molecule has 16 heavy (non-hydrogen) atoms. The summed E-state index contributed by atoms with van der Waals surface area (Å²) in [6.45, 7) is 10.7. The summed E-state index contributed by atoms with van der Waals surface area (Å²) in [7, 11) is 0. The largest absolute Gasteiger partial charge is 0.467 e. The zero-order valence-electron chi connectivity index (χ0n) is 10.7. The van der Waals surface area contributed by atoms with Crippen molar-refractivity contribution in [3.05, 3.63) is 23.7 Å². The molecule has 0 aliphatic carbocycles. The first-order valence-electron chi connectivity index (χ1n) is 5.95. The van der Waals surface area contributed by atoms with Gasteiger partial charge in [-0.15, -0.1) is 0 Å². The molecule has 0 saturated carbocycles. The standard InChI is InChI=1S/C13H23NO2/c1-10(2)7-15-9-13-5-12(8-16-13)6-14-11(3)4/h5,8,10-11,14H,6-7,9H2,1-4H3. The molecule has 3 heteroatoms. The maximum atomic E-state index is 5.51. The number of rotatable bonds is 7. The Morgan fingerprint density at radius 1 is 1.31 bits per heavy atom. The van der Waals surface area contributed by atoms with Crippen molar-refractivity contribution >= 4 is 0 Å². The Bertz CT molecular complexity index is 292. The lowest BCUT2D eigenvalue weighted by atomic mass is 10.2. The minimum absolute atomic E-state index is 0.496. The van der Waals surface area contributed by atoms with Gasteiger partial charge in [0.2, 0.25) is 0 Å². The Morgan fingerprint density at radius 3 is 2.69 bits per heavy atom. The van der Waals surface area contributed by atoms with Crippen LogP contribution >= 0.6 is 0 Å². The lowest BCUT2D eigenvalue weighted by Gasteiger charge is -2.05. The van der Waals surface area contributed by atoms with E-state index in [1.165, 1.54) is 5.56 Å². The molecule has 0 fully saturated rings. The summed E-state index contributed by atoms with van der Waals surface area (Å²) in [5.41, 5.74) is 1.18. The summed E-state index contributed by atoms with van der Waals surface area (Å²) in [4.78, 5) is 0. The maximum absolute atomic E-state index is 5.51. The summed E-state index contributed by atoms with van der Waals surface area (Å²) in [5.74, 6) is 1.47. The van der Waals surface area contributed by atoms with Gasteiger partial charge in [-0.2, -0.15) is 0 Å². The van der Waals surface area contributed by atoms with E-state index in [4.69, 9.17) is 9.15 Å². The molecule has 1 N–H and O–H groups in total. The summed E-state index contributed by atoms with van der Waals surface area (Å²) in [5, 5.41) is 3.35. The predicted octanol–water partition coefficient (Wildman–Crippen LogP) is 2.95. The van der Waals surface area contributed by atoms with Gasteiger partial charge in [0.1, 0.15) is 12.4 Å². The van der Waals surface area contributed by atoms with Gasteiger partial charge in [-0.1, -0.05) is 27.7 Å². The van der Waals surface area contributed by atoms with Crippen molar-refractivity contribution in [2.45, 2.75) is 46.9 Å². The molecular weight excluding hydrogens is 202 g/mol. The third-order valence-electron chi connectivity index (χ3n) is 2.12. The van der Waals surface area contributed by atoms with Crippen LogP contribution in [-0.4, -0.2) is 12.6 Å². The summed E-state index contributed by atoms with van der Waals surface area (Å²) in [6, 6.07) is 2.55. The van der Waals surface area contributed by atoms with Gasteiger partial charge in [-0.25, -0.2) is 0 Å². The second-order valence-corrected chi connectivity index (χ2v) is 4.87. The Hall–Kier alpha value is -0.800. The minimum atomic E-state index is 0.496. The number of ether oxygens (including phenoxy) is 1. The lowest BCUT2D eigenvalue weighted by molar-refractivity contribution is 0.0846. The van der Waals surface area contributed by atoms with Crippen molar-refractivity contribution in [3.63, 3.8) is 0 Å². The van der Waals surface area contributed by atoms with Crippen LogP contribution in [0, 0.1) is 5.92 Å². The van der Waals surface area contributed by atoms with E-state index >= 15 is 0 Å². The minimum Gasteiger partial charge on any atom is -0.467 e. The van der Waals surface area contributed by atoms with Crippen LogP contribution in [0.25, 0.3) is 0 Å². The quantitative estimate of drug-likeness (QED) is 0.774. The van der Waals surface area contributed by atoms with Crippen molar-refractivity contribution in [3.8, 4) is 0 Å². The molecule has 92 valence electrons. The molecule has 0 unspecified atom stereocenters. The SMILES string of the molecule is CC(C)COCc1cc(CNC(C)C)co1. The van der Waals surface area contributed by atoms with E-state index < -0.39 is 0 Å². The highest BCUT2D eigenvalue weighted by Gasteiger charge is 2.03. The van der Waals surface area contributed by atoms with Gasteiger partial charge >= 0.3 is 0 Å². The zero-order chi connectivity index (χ0) is 12.0. The summed E-state index contributed by atoms with van der Waals surface area (Å²) < 4.78 is 10.9. The second kappa shape index (κ2) is 6.71. The smallest absolute Gasteiger partial charge is 0.129 e. The van der Waals surface area contributed by atoms with Gasteiger partial charge in [0.25, 0.3) is 0 Å². The molecule has 1 aromatic rings. The molecule has 0 bridgehead atoms. The fourth-order valence-corrected chi connectivity index (χ4v) is 1.31.